The molecule has 0 saturated heterocycles. The number of aryl methyl sites for hydroxylation is 1. The Kier molecular flexibility index (Phi) is 3.92. The fourth-order valence-electron chi connectivity index (χ4n) is 1.07. The zero-order valence-electron chi connectivity index (χ0n) is 8.62. The third-order valence-corrected chi connectivity index (χ3v) is 1.94. The lowest BCUT2D eigenvalue weighted by Crippen LogP contribution is -2.27. The van der Waals surface area contributed by atoms with Gasteiger partial charge in [0.15, 0.2) is 0 Å². The molecule has 4 nitrogen and oxygen atoms in total. The summed E-state index contributed by atoms with van der Waals surface area (Å²) in [4.78, 5) is 6.38. The highest BCUT2D eigenvalue weighted by atomic mass is 15.1. The average Bonchev–Trinajstić information content (AvgIpc) is 2.45. The summed E-state index contributed by atoms with van der Waals surface area (Å²) in [7, 11) is 6.15. The maximum atomic E-state index is 4.22. The molecule has 0 aliphatic heterocycles. The summed E-state index contributed by atoms with van der Waals surface area (Å²) in [6.45, 7) is 2.90. The molecule has 0 saturated carbocycles. The third-order valence-electron chi connectivity index (χ3n) is 1.94. The van der Waals surface area contributed by atoms with Gasteiger partial charge >= 0.3 is 0 Å². The fraction of sp³-hybridized carbons (Fsp3) is 0.667. The first-order valence-corrected chi connectivity index (χ1v) is 4.52. The van der Waals surface area contributed by atoms with Crippen LogP contribution in [0, 0.1) is 0 Å². The summed E-state index contributed by atoms with van der Waals surface area (Å²) in [6.07, 6.45) is 3.78. The highest BCUT2D eigenvalue weighted by molar-refractivity contribution is 4.90. The van der Waals surface area contributed by atoms with Crippen LogP contribution in [0.25, 0.3) is 0 Å². The number of nitrogens with one attached hydrogen (secondary N) is 1. The van der Waals surface area contributed by atoms with Gasteiger partial charge in [0.25, 0.3) is 0 Å². The Bertz CT molecular complexity index is 242. The topological polar surface area (TPSA) is 33.1 Å². The quantitative estimate of drug-likeness (QED) is 0.654. The zero-order chi connectivity index (χ0) is 9.68. The molecule has 0 bridgehead atoms. The van der Waals surface area contributed by atoms with Crippen LogP contribution in [0.15, 0.2) is 12.4 Å². The van der Waals surface area contributed by atoms with E-state index in [1.807, 2.05) is 24.0 Å². The van der Waals surface area contributed by atoms with E-state index in [4.69, 9.17) is 0 Å². The SMILES string of the molecule is CN(C)CCNCc1nccn1C. The van der Waals surface area contributed by atoms with E-state index in [-0.39, 0.29) is 0 Å². The molecule has 0 aliphatic rings. The normalized spacial score (nSPS) is 11.1. The van der Waals surface area contributed by atoms with Gasteiger partial charge in [-0.25, -0.2) is 4.98 Å². The molecule has 1 aromatic rings. The first-order chi connectivity index (χ1) is 6.20. The molecule has 0 spiro atoms. The van der Waals surface area contributed by atoms with Gasteiger partial charge in [-0.15, -0.1) is 0 Å². The number of hydrogen-bond donors (Lipinski definition) is 1. The van der Waals surface area contributed by atoms with Gasteiger partial charge in [-0.05, 0) is 14.1 Å². The van der Waals surface area contributed by atoms with Gasteiger partial charge < -0.3 is 14.8 Å². The van der Waals surface area contributed by atoms with Crippen LogP contribution in [0.1, 0.15) is 5.82 Å². The van der Waals surface area contributed by atoms with Gasteiger partial charge in [-0.1, -0.05) is 0 Å². The van der Waals surface area contributed by atoms with E-state index in [1.165, 1.54) is 0 Å². The van der Waals surface area contributed by atoms with E-state index >= 15 is 0 Å². The monoisotopic (exact) mass is 182 g/mol. The lowest BCUT2D eigenvalue weighted by Gasteiger charge is -2.09. The van der Waals surface area contributed by atoms with E-state index in [2.05, 4.69) is 29.3 Å². The number of aromatic nitrogens is 2. The number of likely N-dealkylation sites (N-methyl/N-ethyl adjacent to an activating group) is 1. The molecule has 0 aliphatic carbocycles. The maximum absolute atomic E-state index is 4.22. The lowest BCUT2D eigenvalue weighted by molar-refractivity contribution is 0.398. The van der Waals surface area contributed by atoms with Crippen molar-refractivity contribution in [2.75, 3.05) is 27.2 Å². The third kappa shape index (κ3) is 3.57. The molecule has 0 unspecified atom stereocenters. The highest BCUT2D eigenvalue weighted by Gasteiger charge is 1.97. The van der Waals surface area contributed by atoms with E-state index in [9.17, 15) is 0 Å². The summed E-state index contributed by atoms with van der Waals surface area (Å²) in [5.41, 5.74) is 0. The van der Waals surface area contributed by atoms with Crippen LogP contribution < -0.4 is 5.32 Å². The molecule has 1 N–H and O–H groups in total. The predicted octanol–water partition coefficient (Wildman–Crippen LogP) is 0.0713. The second-order valence-electron chi connectivity index (χ2n) is 3.43. The largest absolute Gasteiger partial charge is 0.337 e. The minimum atomic E-state index is 0.845. The smallest absolute Gasteiger partial charge is 0.122 e. The van der Waals surface area contributed by atoms with Crippen molar-refractivity contribution in [1.82, 2.24) is 19.8 Å². The summed E-state index contributed by atoms with van der Waals surface area (Å²) in [5.74, 6) is 1.08. The lowest BCUT2D eigenvalue weighted by atomic mass is 10.5. The molecule has 1 heterocycles. The molecular weight excluding hydrogens is 164 g/mol. The maximum Gasteiger partial charge on any atom is 0.122 e. The number of rotatable bonds is 5. The first kappa shape index (κ1) is 10.2. The molecule has 0 aromatic carbocycles. The van der Waals surface area contributed by atoms with Crippen LogP contribution in [0.5, 0.6) is 0 Å². The Morgan fingerprint density at radius 3 is 2.85 bits per heavy atom. The van der Waals surface area contributed by atoms with Gasteiger partial charge in [0.2, 0.25) is 0 Å². The van der Waals surface area contributed by atoms with E-state index < -0.39 is 0 Å². The van der Waals surface area contributed by atoms with Crippen molar-refractivity contribution in [2.45, 2.75) is 6.54 Å². The molecule has 0 amide bonds. The van der Waals surface area contributed by atoms with Crippen LogP contribution in [-0.2, 0) is 13.6 Å². The van der Waals surface area contributed by atoms with Gasteiger partial charge in [-0.2, -0.15) is 0 Å². The van der Waals surface area contributed by atoms with Crippen LogP contribution in [0.2, 0.25) is 0 Å². The van der Waals surface area contributed by atoms with Gasteiger partial charge in [-0.3, -0.25) is 0 Å². The fourth-order valence-corrected chi connectivity index (χ4v) is 1.07. The van der Waals surface area contributed by atoms with Crippen molar-refractivity contribution in [1.29, 1.82) is 0 Å². The van der Waals surface area contributed by atoms with Gasteiger partial charge in [0, 0.05) is 32.5 Å². The molecule has 0 fully saturated rings. The Hall–Kier alpha value is -0.870. The van der Waals surface area contributed by atoms with Crippen molar-refractivity contribution < 1.29 is 0 Å². The highest BCUT2D eigenvalue weighted by Crippen LogP contribution is 1.92. The minimum Gasteiger partial charge on any atom is -0.337 e. The summed E-state index contributed by atoms with van der Waals surface area (Å²) in [5, 5.41) is 3.33. The van der Waals surface area contributed by atoms with Gasteiger partial charge in [0.1, 0.15) is 5.82 Å². The second kappa shape index (κ2) is 4.99. The van der Waals surface area contributed by atoms with Crippen LogP contribution in [-0.4, -0.2) is 41.6 Å². The van der Waals surface area contributed by atoms with Gasteiger partial charge in [0.05, 0.1) is 6.54 Å². The average molecular weight is 182 g/mol. The molecule has 0 atom stereocenters. The summed E-state index contributed by atoms with van der Waals surface area (Å²) in [6, 6.07) is 0. The minimum absolute atomic E-state index is 0.845. The zero-order valence-corrected chi connectivity index (χ0v) is 8.62. The van der Waals surface area contributed by atoms with Crippen LogP contribution in [0.3, 0.4) is 0 Å². The molecule has 0 radical (unpaired) electrons. The van der Waals surface area contributed by atoms with Crippen LogP contribution >= 0.6 is 0 Å². The number of hydrogen-bond acceptors (Lipinski definition) is 3. The molecule has 4 heteroatoms. The number of nitrogens with zero attached hydrogens (tertiary/aromatic N) is 3. The van der Waals surface area contributed by atoms with Crippen molar-refractivity contribution in [3.05, 3.63) is 18.2 Å². The van der Waals surface area contributed by atoms with E-state index in [0.29, 0.717) is 0 Å². The Labute approximate surface area is 79.6 Å². The Balaban J connectivity index is 2.17. The van der Waals surface area contributed by atoms with Crippen molar-refractivity contribution in [3.8, 4) is 0 Å². The Morgan fingerprint density at radius 1 is 1.54 bits per heavy atom. The first-order valence-electron chi connectivity index (χ1n) is 4.52. The summed E-state index contributed by atoms with van der Waals surface area (Å²) < 4.78 is 2.03. The molecule has 1 rings (SSSR count). The van der Waals surface area contributed by atoms with E-state index in [0.717, 1.165) is 25.5 Å². The number of imidazole rings is 1. The standard InChI is InChI=1S/C9H18N4/c1-12(2)6-4-10-8-9-11-5-7-13(9)3/h5,7,10H,4,6,8H2,1-3H3. The summed E-state index contributed by atoms with van der Waals surface area (Å²) >= 11 is 0. The predicted molar refractivity (Wildman–Crippen MR) is 53.5 cm³/mol. The molecule has 74 valence electrons. The molecule has 1 aromatic heterocycles. The Morgan fingerprint density at radius 2 is 2.31 bits per heavy atom. The van der Waals surface area contributed by atoms with Crippen LogP contribution in [0.4, 0.5) is 0 Å². The molecular formula is C9H18N4. The van der Waals surface area contributed by atoms with E-state index in [1.54, 1.807) is 0 Å². The second-order valence-corrected chi connectivity index (χ2v) is 3.43. The van der Waals surface area contributed by atoms with Crippen molar-refractivity contribution in [3.63, 3.8) is 0 Å². The molecule has 13 heavy (non-hydrogen) atoms. The van der Waals surface area contributed by atoms with Crippen molar-refractivity contribution in [2.24, 2.45) is 7.05 Å². The van der Waals surface area contributed by atoms with Crippen molar-refractivity contribution >= 4 is 0 Å².